The summed E-state index contributed by atoms with van der Waals surface area (Å²) in [6.07, 6.45) is 3.13. The van der Waals surface area contributed by atoms with E-state index in [-0.39, 0.29) is 24.9 Å². The van der Waals surface area contributed by atoms with Crippen molar-refractivity contribution < 1.29 is 9.59 Å². The number of nitrogens with zero attached hydrogens (tertiary/aromatic N) is 1. The zero-order valence-electron chi connectivity index (χ0n) is 12.7. The van der Waals surface area contributed by atoms with Crippen LogP contribution in [0.2, 0.25) is 0 Å². The first-order valence-electron chi connectivity index (χ1n) is 7.43. The Hall–Kier alpha value is -1.88. The molecule has 5 heteroatoms. The molecule has 2 N–H and O–H groups in total. The molecule has 0 radical (unpaired) electrons. The number of rotatable bonds is 7. The number of likely N-dealkylation sites (N-methyl/N-ethyl adjacent to an activating group) is 1. The van der Waals surface area contributed by atoms with Gasteiger partial charge in [-0.1, -0.05) is 19.1 Å². The second kappa shape index (κ2) is 7.22. The van der Waals surface area contributed by atoms with Crippen LogP contribution in [0.3, 0.4) is 0 Å². The van der Waals surface area contributed by atoms with E-state index in [1.807, 2.05) is 24.3 Å². The number of carbonyl (C=O) groups excluding carboxylic acids is 2. The summed E-state index contributed by atoms with van der Waals surface area (Å²) in [6, 6.07) is 8.16. The fraction of sp³-hybridized carbons (Fsp3) is 0.500. The maximum absolute atomic E-state index is 11.9. The van der Waals surface area contributed by atoms with Gasteiger partial charge in [-0.3, -0.25) is 14.5 Å². The minimum absolute atomic E-state index is 0.0138. The highest BCUT2D eigenvalue weighted by molar-refractivity contribution is 5.92. The fourth-order valence-corrected chi connectivity index (χ4v) is 2.07. The van der Waals surface area contributed by atoms with Gasteiger partial charge in [-0.15, -0.1) is 0 Å². The molecule has 0 aromatic heterocycles. The number of nitrogens with one attached hydrogen (secondary N) is 2. The molecule has 0 bridgehead atoms. The summed E-state index contributed by atoms with van der Waals surface area (Å²) >= 11 is 0. The van der Waals surface area contributed by atoms with Gasteiger partial charge in [-0.25, -0.2) is 0 Å². The van der Waals surface area contributed by atoms with E-state index in [1.54, 1.807) is 11.9 Å². The Morgan fingerprint density at radius 1 is 1.14 bits per heavy atom. The van der Waals surface area contributed by atoms with E-state index in [1.165, 1.54) is 5.56 Å². The third-order valence-electron chi connectivity index (χ3n) is 3.42. The van der Waals surface area contributed by atoms with Crippen LogP contribution in [0.1, 0.15) is 25.3 Å². The molecule has 2 rings (SSSR count). The summed E-state index contributed by atoms with van der Waals surface area (Å²) in [7, 11) is 1.77. The Kier molecular flexibility index (Phi) is 5.33. The van der Waals surface area contributed by atoms with Gasteiger partial charge in [0.15, 0.2) is 0 Å². The number of hydrogen-bond donors (Lipinski definition) is 2. The second-order valence-electron chi connectivity index (χ2n) is 5.61. The van der Waals surface area contributed by atoms with Gasteiger partial charge in [-0.05, 0) is 44.0 Å². The first-order valence-corrected chi connectivity index (χ1v) is 7.43. The van der Waals surface area contributed by atoms with E-state index in [0.29, 0.717) is 6.04 Å². The molecule has 0 heterocycles. The van der Waals surface area contributed by atoms with Gasteiger partial charge in [0.1, 0.15) is 0 Å². The average molecular weight is 289 g/mol. The first kappa shape index (κ1) is 15.5. The normalized spacial score (nSPS) is 14.0. The number of aryl methyl sites for hydroxylation is 1. The zero-order chi connectivity index (χ0) is 15.2. The first-order chi connectivity index (χ1) is 10.1. The molecule has 1 aliphatic rings. The Morgan fingerprint density at radius 2 is 1.76 bits per heavy atom. The summed E-state index contributed by atoms with van der Waals surface area (Å²) in [5.74, 6) is -0.124. The summed E-state index contributed by atoms with van der Waals surface area (Å²) in [5, 5.41) is 5.75. The molecule has 1 fully saturated rings. The van der Waals surface area contributed by atoms with Gasteiger partial charge in [-0.2, -0.15) is 0 Å². The molecule has 1 aliphatic carbocycles. The van der Waals surface area contributed by atoms with E-state index in [9.17, 15) is 9.59 Å². The minimum Gasteiger partial charge on any atom is -0.352 e. The van der Waals surface area contributed by atoms with E-state index in [0.717, 1.165) is 24.9 Å². The predicted octanol–water partition coefficient (Wildman–Crippen LogP) is 1.40. The highest BCUT2D eigenvalue weighted by Crippen LogP contribution is 2.18. The van der Waals surface area contributed by atoms with Crippen LogP contribution in [-0.4, -0.2) is 42.9 Å². The Bertz CT molecular complexity index is 495. The smallest absolute Gasteiger partial charge is 0.238 e. The van der Waals surface area contributed by atoms with Crippen molar-refractivity contribution in [1.29, 1.82) is 0 Å². The lowest BCUT2D eigenvalue weighted by atomic mass is 10.1. The van der Waals surface area contributed by atoms with E-state index in [2.05, 4.69) is 17.6 Å². The maximum atomic E-state index is 11.9. The molecule has 0 aliphatic heterocycles. The molecule has 1 saturated carbocycles. The number of benzene rings is 1. The molecule has 0 atom stereocenters. The van der Waals surface area contributed by atoms with Crippen molar-refractivity contribution in [3.05, 3.63) is 29.8 Å². The lowest BCUT2D eigenvalue weighted by Gasteiger charge is -2.16. The lowest BCUT2D eigenvalue weighted by molar-refractivity contribution is -0.123. The van der Waals surface area contributed by atoms with Crippen LogP contribution in [0.4, 0.5) is 5.69 Å². The van der Waals surface area contributed by atoms with Gasteiger partial charge in [0.2, 0.25) is 11.8 Å². The van der Waals surface area contributed by atoms with Gasteiger partial charge < -0.3 is 10.6 Å². The lowest BCUT2D eigenvalue weighted by Crippen LogP contribution is -2.39. The van der Waals surface area contributed by atoms with Crippen molar-refractivity contribution in [2.75, 3.05) is 25.5 Å². The van der Waals surface area contributed by atoms with Crippen LogP contribution in [0, 0.1) is 0 Å². The summed E-state index contributed by atoms with van der Waals surface area (Å²) in [6.45, 7) is 2.54. The number of amides is 2. The van der Waals surface area contributed by atoms with Crippen molar-refractivity contribution in [2.24, 2.45) is 0 Å². The van der Waals surface area contributed by atoms with Crippen molar-refractivity contribution >= 4 is 17.5 Å². The van der Waals surface area contributed by atoms with Crippen LogP contribution in [0.5, 0.6) is 0 Å². The third-order valence-corrected chi connectivity index (χ3v) is 3.42. The highest BCUT2D eigenvalue weighted by atomic mass is 16.2. The van der Waals surface area contributed by atoms with Crippen LogP contribution in [-0.2, 0) is 16.0 Å². The Balaban J connectivity index is 1.73. The summed E-state index contributed by atoms with van der Waals surface area (Å²) < 4.78 is 0. The van der Waals surface area contributed by atoms with Crippen LogP contribution >= 0.6 is 0 Å². The minimum atomic E-state index is -0.110. The van der Waals surface area contributed by atoms with Crippen molar-refractivity contribution in [3.8, 4) is 0 Å². The maximum Gasteiger partial charge on any atom is 0.238 e. The summed E-state index contributed by atoms with van der Waals surface area (Å²) in [5.41, 5.74) is 2.02. The molecule has 5 nitrogen and oxygen atoms in total. The van der Waals surface area contributed by atoms with Gasteiger partial charge >= 0.3 is 0 Å². The van der Waals surface area contributed by atoms with Crippen molar-refractivity contribution in [2.45, 2.75) is 32.2 Å². The largest absolute Gasteiger partial charge is 0.352 e. The van der Waals surface area contributed by atoms with E-state index < -0.39 is 0 Å². The van der Waals surface area contributed by atoms with Crippen LogP contribution in [0.25, 0.3) is 0 Å². The van der Waals surface area contributed by atoms with Gasteiger partial charge in [0.05, 0.1) is 13.1 Å². The monoisotopic (exact) mass is 289 g/mol. The second-order valence-corrected chi connectivity index (χ2v) is 5.61. The predicted molar refractivity (Wildman–Crippen MR) is 83.1 cm³/mol. The molecular formula is C16H23N3O2. The van der Waals surface area contributed by atoms with E-state index in [4.69, 9.17) is 0 Å². The molecule has 0 unspecified atom stereocenters. The zero-order valence-corrected chi connectivity index (χ0v) is 12.7. The number of hydrogen-bond acceptors (Lipinski definition) is 3. The molecule has 114 valence electrons. The SMILES string of the molecule is CCc1ccc(NC(=O)CN(C)CC(=O)NC2CC2)cc1. The molecular weight excluding hydrogens is 266 g/mol. The highest BCUT2D eigenvalue weighted by Gasteiger charge is 2.23. The molecule has 0 spiro atoms. The fourth-order valence-electron chi connectivity index (χ4n) is 2.07. The standard InChI is InChI=1S/C16H23N3O2/c1-3-12-4-6-13(7-5-12)17-15(20)10-19(2)11-16(21)18-14-8-9-14/h4-7,14H,3,8-11H2,1-2H3,(H,17,20)(H,18,21). The number of carbonyl (C=O) groups is 2. The molecule has 2 amide bonds. The van der Waals surface area contributed by atoms with Crippen LogP contribution < -0.4 is 10.6 Å². The quantitative estimate of drug-likeness (QED) is 0.797. The van der Waals surface area contributed by atoms with Crippen LogP contribution in [0.15, 0.2) is 24.3 Å². The Morgan fingerprint density at radius 3 is 2.33 bits per heavy atom. The van der Waals surface area contributed by atoms with Crippen molar-refractivity contribution in [1.82, 2.24) is 10.2 Å². The third kappa shape index (κ3) is 5.55. The van der Waals surface area contributed by atoms with E-state index >= 15 is 0 Å². The molecule has 1 aromatic carbocycles. The molecule has 1 aromatic rings. The molecule has 0 saturated heterocycles. The van der Waals surface area contributed by atoms with Gasteiger partial charge in [0, 0.05) is 11.7 Å². The topological polar surface area (TPSA) is 61.4 Å². The average Bonchev–Trinajstić information content (AvgIpc) is 3.22. The number of anilines is 1. The Labute approximate surface area is 125 Å². The van der Waals surface area contributed by atoms with Crippen molar-refractivity contribution in [3.63, 3.8) is 0 Å². The van der Waals surface area contributed by atoms with Gasteiger partial charge in [0.25, 0.3) is 0 Å². The molecule has 21 heavy (non-hydrogen) atoms. The summed E-state index contributed by atoms with van der Waals surface area (Å²) in [4.78, 5) is 25.3.